The van der Waals surface area contributed by atoms with Gasteiger partial charge in [-0.3, -0.25) is 9.59 Å². The molecule has 0 radical (unpaired) electrons. The molecule has 0 aromatic carbocycles. The maximum atomic E-state index is 13.2. The number of carbonyl (C=O) groups excluding carboxylic acids is 3. The van der Waals surface area contributed by atoms with Crippen LogP contribution >= 0.6 is 0 Å². The molecule has 3 N–H and O–H groups in total. The molecule has 0 bridgehead atoms. The second kappa shape index (κ2) is 8.74. The Labute approximate surface area is 191 Å². The molecule has 4 rings (SSSR count). The number of ketones is 1. The number of hydrogen-bond acceptors (Lipinski definition) is 10. The van der Waals surface area contributed by atoms with E-state index in [0.717, 1.165) is 0 Å². The summed E-state index contributed by atoms with van der Waals surface area (Å²) < 4.78 is 22.1. The summed E-state index contributed by atoms with van der Waals surface area (Å²) in [5.74, 6) is -1.54. The highest BCUT2D eigenvalue weighted by molar-refractivity contribution is 5.92. The number of hydrogen-bond donors (Lipinski definition) is 3. The van der Waals surface area contributed by atoms with E-state index in [0.29, 0.717) is 18.4 Å². The molecule has 4 fully saturated rings. The number of carbonyl (C=O) groups is 3. The largest absolute Gasteiger partial charge is 0.463 e. The van der Waals surface area contributed by atoms with Crippen molar-refractivity contribution in [1.29, 1.82) is 0 Å². The second-order valence-corrected chi connectivity index (χ2v) is 10.1. The smallest absolute Gasteiger partial charge is 0.334 e. The SMILES string of the molecule is C=C1C(=O)O[C@@H]2C[C@@H](C)[C@@H]3[C@@H](O[C@H]4O[C@H](COC(C)=O)[C@@H](O)[C@H](O)[C@H]4O)CC(=O)[C@@]3(C)C[C@H]12. The van der Waals surface area contributed by atoms with E-state index in [9.17, 15) is 29.7 Å². The maximum Gasteiger partial charge on any atom is 0.334 e. The lowest BCUT2D eigenvalue weighted by atomic mass is 9.69. The van der Waals surface area contributed by atoms with E-state index in [1.807, 2.05) is 13.8 Å². The van der Waals surface area contributed by atoms with E-state index in [1.54, 1.807) is 0 Å². The molecular formula is C23H32O10. The predicted octanol–water partition coefficient (Wildman–Crippen LogP) is -0.135. The minimum absolute atomic E-state index is 0.0144. The molecule has 33 heavy (non-hydrogen) atoms. The van der Waals surface area contributed by atoms with E-state index in [4.69, 9.17) is 18.9 Å². The van der Waals surface area contributed by atoms with E-state index in [1.165, 1.54) is 6.92 Å². The van der Waals surface area contributed by atoms with E-state index < -0.39 is 54.2 Å². The molecule has 2 saturated carbocycles. The minimum Gasteiger partial charge on any atom is -0.463 e. The van der Waals surface area contributed by atoms with Crippen LogP contribution in [0.2, 0.25) is 0 Å². The quantitative estimate of drug-likeness (QED) is 0.376. The fraction of sp³-hybridized carbons (Fsp3) is 0.783. The van der Waals surface area contributed by atoms with Crippen molar-refractivity contribution in [3.8, 4) is 0 Å². The number of aliphatic hydroxyl groups excluding tert-OH is 3. The molecule has 0 amide bonds. The Hall–Kier alpha value is -1.85. The fourth-order valence-electron chi connectivity index (χ4n) is 6.16. The number of rotatable bonds is 4. The highest BCUT2D eigenvalue weighted by atomic mass is 16.7. The van der Waals surface area contributed by atoms with E-state index in [2.05, 4.69) is 6.58 Å². The van der Waals surface area contributed by atoms with Crippen LogP contribution in [0.15, 0.2) is 12.2 Å². The molecule has 2 saturated heterocycles. The first-order valence-electron chi connectivity index (χ1n) is 11.4. The highest BCUT2D eigenvalue weighted by Gasteiger charge is 2.60. The van der Waals surface area contributed by atoms with Gasteiger partial charge in [-0.15, -0.1) is 0 Å². The van der Waals surface area contributed by atoms with Crippen LogP contribution in [0.1, 0.15) is 40.0 Å². The molecule has 4 aliphatic rings. The normalized spacial score (nSPS) is 47.5. The molecule has 10 nitrogen and oxygen atoms in total. The van der Waals surface area contributed by atoms with Gasteiger partial charge in [-0.25, -0.2) is 4.79 Å². The summed E-state index contributed by atoms with van der Waals surface area (Å²) in [6.45, 7) is 8.61. The molecule has 0 aromatic rings. The summed E-state index contributed by atoms with van der Waals surface area (Å²) in [4.78, 5) is 36.4. The van der Waals surface area contributed by atoms with Crippen molar-refractivity contribution in [2.45, 2.75) is 82.9 Å². The third-order valence-corrected chi connectivity index (χ3v) is 7.87. The predicted molar refractivity (Wildman–Crippen MR) is 110 cm³/mol. The topological polar surface area (TPSA) is 149 Å². The minimum atomic E-state index is -1.58. The summed E-state index contributed by atoms with van der Waals surface area (Å²) in [5.41, 5.74) is -0.391. The summed E-state index contributed by atoms with van der Waals surface area (Å²) in [6, 6.07) is 0. The average Bonchev–Trinajstić information content (AvgIpc) is 3.09. The van der Waals surface area contributed by atoms with Gasteiger partial charge in [-0.1, -0.05) is 20.4 Å². The van der Waals surface area contributed by atoms with Gasteiger partial charge in [-0.2, -0.15) is 0 Å². The first kappa shape index (κ1) is 24.3. The summed E-state index contributed by atoms with van der Waals surface area (Å²) >= 11 is 0. The molecule has 0 unspecified atom stereocenters. The van der Waals surface area contributed by atoms with Crippen molar-refractivity contribution < 1.29 is 48.7 Å². The highest BCUT2D eigenvalue weighted by Crippen LogP contribution is 2.56. The van der Waals surface area contributed by atoms with Gasteiger partial charge in [0.1, 0.15) is 42.9 Å². The molecule has 0 aromatic heterocycles. The van der Waals surface area contributed by atoms with Crippen LogP contribution in [0.3, 0.4) is 0 Å². The van der Waals surface area contributed by atoms with Crippen LogP contribution in [0.25, 0.3) is 0 Å². The van der Waals surface area contributed by atoms with Crippen LogP contribution in [0.4, 0.5) is 0 Å². The zero-order valence-corrected chi connectivity index (χ0v) is 19.0. The van der Waals surface area contributed by atoms with Gasteiger partial charge in [0.2, 0.25) is 0 Å². The Bertz CT molecular complexity index is 841. The maximum absolute atomic E-state index is 13.2. The van der Waals surface area contributed by atoms with Crippen LogP contribution in [-0.2, 0) is 33.3 Å². The zero-order valence-electron chi connectivity index (χ0n) is 19.0. The Morgan fingerprint density at radius 2 is 1.91 bits per heavy atom. The standard InChI is InChI=1S/C23H32O10/c1-9-5-13-12(10(2)21(29)31-13)7-23(4)16(25)6-14(17(9)23)32-22-20(28)19(27)18(26)15(33-22)8-30-11(3)24/h9,12-15,17-20,22,26-28H,2,5-8H2,1,3-4H3/t9-,12-,13-,14+,15-,17-,18-,19+,20-,22+,23-/m1/s1. The van der Waals surface area contributed by atoms with Crippen molar-refractivity contribution in [2.24, 2.45) is 23.2 Å². The van der Waals surface area contributed by atoms with E-state index >= 15 is 0 Å². The molecule has 10 heteroatoms. The van der Waals surface area contributed by atoms with Gasteiger partial charge >= 0.3 is 11.9 Å². The Kier molecular flexibility index (Phi) is 6.43. The molecule has 184 valence electrons. The molecule has 2 heterocycles. The van der Waals surface area contributed by atoms with Gasteiger partial charge in [0.15, 0.2) is 6.29 Å². The Morgan fingerprint density at radius 1 is 1.21 bits per heavy atom. The summed E-state index contributed by atoms with van der Waals surface area (Å²) in [6.07, 6.45) is -6.95. The van der Waals surface area contributed by atoms with Gasteiger partial charge in [0.25, 0.3) is 0 Å². The molecule has 0 spiro atoms. The number of Topliss-reactive ketones (excluding diaryl/α,β-unsaturated/α-hetero) is 1. The molecule has 2 aliphatic heterocycles. The lowest BCUT2D eigenvalue weighted by Gasteiger charge is -2.42. The van der Waals surface area contributed by atoms with Crippen molar-refractivity contribution in [1.82, 2.24) is 0 Å². The molecular weight excluding hydrogens is 436 g/mol. The first-order chi connectivity index (χ1) is 15.4. The number of aliphatic hydroxyl groups is 3. The van der Waals surface area contributed by atoms with Gasteiger partial charge < -0.3 is 34.3 Å². The summed E-state index contributed by atoms with van der Waals surface area (Å²) in [7, 11) is 0. The zero-order chi connectivity index (χ0) is 24.2. The van der Waals surface area contributed by atoms with Crippen LogP contribution in [0, 0.1) is 23.2 Å². The number of fused-ring (bicyclic) bond motifs is 2. The number of ether oxygens (including phenoxy) is 4. The van der Waals surface area contributed by atoms with Gasteiger partial charge in [0.05, 0.1) is 6.10 Å². The summed E-state index contributed by atoms with van der Waals surface area (Å²) in [5, 5.41) is 31.0. The number of esters is 2. The van der Waals surface area contributed by atoms with Crippen molar-refractivity contribution in [2.75, 3.05) is 6.61 Å². The average molecular weight is 468 g/mol. The van der Waals surface area contributed by atoms with Crippen molar-refractivity contribution >= 4 is 17.7 Å². The van der Waals surface area contributed by atoms with Crippen LogP contribution < -0.4 is 0 Å². The van der Waals surface area contributed by atoms with Crippen LogP contribution in [0.5, 0.6) is 0 Å². The molecule has 2 aliphatic carbocycles. The van der Waals surface area contributed by atoms with Crippen molar-refractivity contribution in [3.63, 3.8) is 0 Å². The lowest BCUT2D eigenvalue weighted by Crippen LogP contribution is -2.60. The van der Waals surface area contributed by atoms with Crippen molar-refractivity contribution in [3.05, 3.63) is 12.2 Å². The fourth-order valence-corrected chi connectivity index (χ4v) is 6.16. The lowest BCUT2D eigenvalue weighted by molar-refractivity contribution is -0.315. The monoisotopic (exact) mass is 468 g/mol. The second-order valence-electron chi connectivity index (χ2n) is 10.1. The first-order valence-corrected chi connectivity index (χ1v) is 11.4. The van der Waals surface area contributed by atoms with Gasteiger partial charge in [-0.05, 0) is 18.8 Å². The van der Waals surface area contributed by atoms with Gasteiger partial charge in [0, 0.05) is 36.2 Å². The van der Waals surface area contributed by atoms with Crippen LogP contribution in [-0.4, -0.2) is 82.6 Å². The third kappa shape index (κ3) is 4.12. The van der Waals surface area contributed by atoms with E-state index in [-0.39, 0.29) is 42.7 Å². The molecule has 11 atom stereocenters. The third-order valence-electron chi connectivity index (χ3n) is 7.87. The Balaban J connectivity index is 1.54. The Morgan fingerprint density at radius 3 is 2.58 bits per heavy atom.